The normalized spacial score (nSPS) is 21.8. The molecule has 1 saturated heterocycles. The molecule has 1 aliphatic heterocycles. The summed E-state index contributed by atoms with van der Waals surface area (Å²) in [6.45, 7) is 6.35. The monoisotopic (exact) mass is 478 g/mol. The van der Waals surface area contributed by atoms with E-state index in [0.717, 1.165) is 17.5 Å². The SMILES string of the molecule is CCC[C@@H](CC(=O)N1CC(C)C(C)(C(=O)O)C1)NC(=O)OCC1c2ccccc2-c2ccccc21. The van der Waals surface area contributed by atoms with Crippen LogP contribution in [-0.2, 0) is 14.3 Å². The van der Waals surface area contributed by atoms with Crippen molar-refractivity contribution in [3.8, 4) is 11.1 Å². The summed E-state index contributed by atoms with van der Waals surface area (Å²) < 4.78 is 5.65. The number of nitrogens with one attached hydrogen (secondary N) is 1. The van der Waals surface area contributed by atoms with Gasteiger partial charge in [0, 0.05) is 31.5 Å². The Hall–Kier alpha value is -3.35. The van der Waals surface area contributed by atoms with Gasteiger partial charge in [0.05, 0.1) is 5.41 Å². The maximum atomic E-state index is 13.0. The van der Waals surface area contributed by atoms with Crippen LogP contribution in [0.5, 0.6) is 0 Å². The molecule has 2 aliphatic rings. The number of ether oxygens (including phenoxy) is 1. The molecule has 1 aliphatic carbocycles. The molecule has 186 valence electrons. The third-order valence-electron chi connectivity index (χ3n) is 7.67. The number of carbonyl (C=O) groups excluding carboxylic acids is 2. The van der Waals surface area contributed by atoms with Gasteiger partial charge in [0.2, 0.25) is 5.91 Å². The van der Waals surface area contributed by atoms with Crippen LogP contribution in [-0.4, -0.2) is 53.7 Å². The van der Waals surface area contributed by atoms with E-state index in [0.29, 0.717) is 13.0 Å². The van der Waals surface area contributed by atoms with Crippen LogP contribution in [0, 0.1) is 11.3 Å². The fourth-order valence-corrected chi connectivity index (χ4v) is 5.34. The molecule has 1 heterocycles. The van der Waals surface area contributed by atoms with Gasteiger partial charge in [-0.1, -0.05) is 68.8 Å². The fraction of sp³-hybridized carbons (Fsp3) is 0.464. The Kier molecular flexibility index (Phi) is 7.15. The van der Waals surface area contributed by atoms with Crippen LogP contribution >= 0.6 is 0 Å². The first-order valence-electron chi connectivity index (χ1n) is 12.4. The second-order valence-corrected chi connectivity index (χ2v) is 10.1. The molecule has 7 heteroatoms. The highest BCUT2D eigenvalue weighted by atomic mass is 16.5. The van der Waals surface area contributed by atoms with Crippen molar-refractivity contribution in [2.75, 3.05) is 19.7 Å². The van der Waals surface area contributed by atoms with Gasteiger partial charge in [-0.2, -0.15) is 0 Å². The molecule has 7 nitrogen and oxygen atoms in total. The number of likely N-dealkylation sites (tertiary alicyclic amines) is 1. The molecule has 2 aromatic rings. The van der Waals surface area contributed by atoms with E-state index in [9.17, 15) is 19.5 Å². The van der Waals surface area contributed by atoms with Crippen molar-refractivity contribution in [2.24, 2.45) is 11.3 Å². The number of alkyl carbamates (subject to hydrolysis) is 1. The summed E-state index contributed by atoms with van der Waals surface area (Å²) >= 11 is 0. The van der Waals surface area contributed by atoms with Crippen molar-refractivity contribution in [3.05, 3.63) is 59.7 Å². The minimum absolute atomic E-state index is 0.0285. The number of carboxylic acid groups (broad SMARTS) is 1. The topological polar surface area (TPSA) is 95.9 Å². The lowest BCUT2D eigenvalue weighted by Crippen LogP contribution is -2.41. The minimum Gasteiger partial charge on any atom is -0.481 e. The number of carbonyl (C=O) groups is 3. The minimum atomic E-state index is -0.948. The number of aliphatic carboxylic acids is 1. The zero-order valence-corrected chi connectivity index (χ0v) is 20.6. The summed E-state index contributed by atoms with van der Waals surface area (Å²) in [5.74, 6) is -1.19. The number of hydrogen-bond acceptors (Lipinski definition) is 4. The van der Waals surface area contributed by atoms with Gasteiger partial charge in [-0.15, -0.1) is 0 Å². The Balaban J connectivity index is 1.36. The number of fused-ring (bicyclic) bond motifs is 3. The van der Waals surface area contributed by atoms with Gasteiger partial charge in [0.25, 0.3) is 0 Å². The third-order valence-corrected chi connectivity index (χ3v) is 7.67. The Morgan fingerprint density at radius 2 is 1.71 bits per heavy atom. The largest absolute Gasteiger partial charge is 0.481 e. The van der Waals surface area contributed by atoms with E-state index in [1.165, 1.54) is 11.1 Å². The van der Waals surface area contributed by atoms with Gasteiger partial charge in [-0.3, -0.25) is 9.59 Å². The van der Waals surface area contributed by atoms with Crippen LogP contribution in [0.3, 0.4) is 0 Å². The van der Waals surface area contributed by atoms with E-state index in [2.05, 4.69) is 29.6 Å². The molecular formula is C28H34N2O5. The van der Waals surface area contributed by atoms with Gasteiger partial charge < -0.3 is 20.1 Å². The van der Waals surface area contributed by atoms with Crippen LogP contribution in [0.4, 0.5) is 4.79 Å². The molecule has 2 amide bonds. The van der Waals surface area contributed by atoms with Crippen LogP contribution < -0.4 is 5.32 Å². The summed E-state index contributed by atoms with van der Waals surface area (Å²) in [5, 5.41) is 12.5. The smallest absolute Gasteiger partial charge is 0.407 e. The van der Waals surface area contributed by atoms with E-state index >= 15 is 0 Å². The van der Waals surface area contributed by atoms with Gasteiger partial charge in [0.15, 0.2) is 0 Å². The number of carboxylic acids is 1. The van der Waals surface area contributed by atoms with Crippen molar-refractivity contribution in [3.63, 3.8) is 0 Å². The van der Waals surface area contributed by atoms with Crippen LogP contribution in [0.1, 0.15) is 57.1 Å². The van der Waals surface area contributed by atoms with E-state index in [-0.39, 0.29) is 43.4 Å². The molecule has 35 heavy (non-hydrogen) atoms. The zero-order valence-electron chi connectivity index (χ0n) is 20.6. The van der Waals surface area contributed by atoms with Crippen LogP contribution in [0.15, 0.2) is 48.5 Å². The van der Waals surface area contributed by atoms with Gasteiger partial charge in [-0.25, -0.2) is 4.79 Å². The Morgan fingerprint density at radius 1 is 1.11 bits per heavy atom. The highest BCUT2D eigenvalue weighted by Crippen LogP contribution is 2.44. The van der Waals surface area contributed by atoms with Gasteiger partial charge >= 0.3 is 12.1 Å². The molecule has 0 saturated carbocycles. The molecule has 4 rings (SSSR count). The number of nitrogens with zero attached hydrogens (tertiary/aromatic N) is 1. The van der Waals surface area contributed by atoms with Gasteiger partial charge in [-0.05, 0) is 41.5 Å². The van der Waals surface area contributed by atoms with E-state index in [1.54, 1.807) is 11.8 Å². The summed E-state index contributed by atoms with van der Waals surface area (Å²) in [6.07, 6.45) is 1.02. The first kappa shape index (κ1) is 24.8. The Morgan fingerprint density at radius 3 is 2.26 bits per heavy atom. The molecule has 0 bridgehead atoms. The maximum absolute atomic E-state index is 13.0. The average Bonchev–Trinajstić information content (AvgIpc) is 3.33. The lowest BCUT2D eigenvalue weighted by Gasteiger charge is -2.24. The number of rotatable bonds is 8. The average molecular weight is 479 g/mol. The van der Waals surface area contributed by atoms with E-state index in [1.807, 2.05) is 38.1 Å². The molecule has 2 unspecified atom stereocenters. The summed E-state index contributed by atoms with van der Waals surface area (Å²) in [5.41, 5.74) is 3.67. The number of benzene rings is 2. The van der Waals surface area contributed by atoms with Crippen LogP contribution in [0.25, 0.3) is 11.1 Å². The third kappa shape index (κ3) is 4.90. The van der Waals surface area contributed by atoms with Crippen molar-refractivity contribution in [1.29, 1.82) is 0 Å². The molecular weight excluding hydrogens is 444 g/mol. The fourth-order valence-electron chi connectivity index (χ4n) is 5.34. The van der Waals surface area contributed by atoms with E-state index < -0.39 is 17.5 Å². The predicted octanol–water partition coefficient (Wildman–Crippen LogP) is 4.65. The molecule has 0 aromatic heterocycles. The molecule has 0 spiro atoms. The Bertz CT molecular complexity index is 1070. The van der Waals surface area contributed by atoms with Crippen molar-refractivity contribution >= 4 is 18.0 Å². The van der Waals surface area contributed by atoms with Crippen molar-refractivity contribution < 1.29 is 24.2 Å². The second-order valence-electron chi connectivity index (χ2n) is 10.1. The summed E-state index contributed by atoms with van der Waals surface area (Å²) in [7, 11) is 0. The molecule has 1 fully saturated rings. The lowest BCUT2D eigenvalue weighted by atomic mass is 9.81. The lowest BCUT2D eigenvalue weighted by molar-refractivity contribution is -0.149. The molecule has 3 atom stereocenters. The molecule has 2 N–H and O–H groups in total. The summed E-state index contributed by atoms with van der Waals surface area (Å²) in [4.78, 5) is 39.0. The predicted molar refractivity (Wildman–Crippen MR) is 133 cm³/mol. The number of hydrogen-bond donors (Lipinski definition) is 2. The van der Waals surface area contributed by atoms with E-state index in [4.69, 9.17) is 4.74 Å². The first-order chi connectivity index (χ1) is 16.7. The zero-order chi connectivity index (χ0) is 25.2. The second kappa shape index (κ2) is 10.1. The van der Waals surface area contributed by atoms with Crippen LogP contribution in [0.2, 0.25) is 0 Å². The number of amides is 2. The van der Waals surface area contributed by atoms with Crippen molar-refractivity contribution in [2.45, 2.75) is 52.0 Å². The first-order valence-corrected chi connectivity index (χ1v) is 12.4. The van der Waals surface area contributed by atoms with Crippen molar-refractivity contribution in [1.82, 2.24) is 10.2 Å². The molecule has 0 radical (unpaired) electrons. The summed E-state index contributed by atoms with van der Waals surface area (Å²) in [6, 6.07) is 16.0. The molecule has 2 aromatic carbocycles. The highest BCUT2D eigenvalue weighted by molar-refractivity contribution is 5.82. The quantitative estimate of drug-likeness (QED) is 0.576. The van der Waals surface area contributed by atoms with Gasteiger partial charge in [0.1, 0.15) is 6.61 Å². The standard InChI is InChI=1S/C28H34N2O5/c1-4-9-19(14-25(31)30-15-18(2)28(3,17-30)26(32)33)29-27(34)35-16-24-22-12-7-5-10-20(22)21-11-6-8-13-23(21)24/h5-8,10-13,18-19,24H,4,9,14-17H2,1-3H3,(H,29,34)(H,32,33)/t18?,19-,28?/m0/s1. The highest BCUT2D eigenvalue weighted by Gasteiger charge is 2.47. The Labute approximate surface area is 206 Å². The maximum Gasteiger partial charge on any atom is 0.407 e.